The molecular formula is C16H13N3O4S. The number of H-pyrrole nitrogens is 1. The van der Waals surface area contributed by atoms with Gasteiger partial charge in [0, 0.05) is 6.07 Å². The molecule has 0 bridgehead atoms. The summed E-state index contributed by atoms with van der Waals surface area (Å²) in [5.74, 6) is 2.46. The number of nitrogens with one attached hydrogen (secondary N) is 1. The number of hydrogen-bond donors (Lipinski definition) is 2. The lowest BCUT2D eigenvalue weighted by atomic mass is 10.1. The van der Waals surface area contributed by atoms with Crippen LogP contribution in [0, 0.1) is 4.77 Å². The van der Waals surface area contributed by atoms with E-state index >= 15 is 0 Å². The van der Waals surface area contributed by atoms with E-state index in [2.05, 4.69) is 10.2 Å². The Hall–Kier alpha value is -3.00. The van der Waals surface area contributed by atoms with Crippen molar-refractivity contribution in [2.75, 3.05) is 13.9 Å². The highest BCUT2D eigenvalue weighted by molar-refractivity contribution is 7.71. The molecule has 0 saturated heterocycles. The lowest BCUT2D eigenvalue weighted by molar-refractivity contribution is 0.174. The first kappa shape index (κ1) is 14.6. The number of aromatic hydroxyl groups is 1. The van der Waals surface area contributed by atoms with Crippen LogP contribution in [0.15, 0.2) is 36.4 Å². The summed E-state index contributed by atoms with van der Waals surface area (Å²) in [7, 11) is 1.56. The maximum Gasteiger partial charge on any atom is 0.231 e. The highest BCUT2D eigenvalue weighted by Crippen LogP contribution is 2.36. The zero-order valence-corrected chi connectivity index (χ0v) is 13.5. The minimum atomic E-state index is 0.0757. The summed E-state index contributed by atoms with van der Waals surface area (Å²) in [5.41, 5.74) is 1.24. The molecule has 0 radical (unpaired) electrons. The minimum Gasteiger partial charge on any atom is -0.507 e. The van der Waals surface area contributed by atoms with Crippen LogP contribution >= 0.6 is 12.2 Å². The first-order valence-electron chi connectivity index (χ1n) is 7.12. The van der Waals surface area contributed by atoms with Crippen molar-refractivity contribution in [1.82, 2.24) is 14.8 Å². The number of methoxy groups -OCH3 is 1. The predicted molar refractivity (Wildman–Crippen MR) is 88.5 cm³/mol. The second kappa shape index (κ2) is 5.57. The highest BCUT2D eigenvalue weighted by Gasteiger charge is 2.19. The van der Waals surface area contributed by atoms with Gasteiger partial charge >= 0.3 is 0 Å². The summed E-state index contributed by atoms with van der Waals surface area (Å²) in [6.07, 6.45) is 0. The molecular weight excluding hydrogens is 330 g/mol. The van der Waals surface area contributed by atoms with Gasteiger partial charge in [-0.1, -0.05) is 0 Å². The fraction of sp³-hybridized carbons (Fsp3) is 0.125. The first-order chi connectivity index (χ1) is 11.7. The van der Waals surface area contributed by atoms with Gasteiger partial charge in [-0.05, 0) is 42.5 Å². The van der Waals surface area contributed by atoms with E-state index in [0.717, 1.165) is 5.69 Å². The van der Waals surface area contributed by atoms with E-state index in [1.54, 1.807) is 29.9 Å². The maximum atomic E-state index is 10.2. The molecule has 0 spiro atoms. The zero-order valence-electron chi connectivity index (χ0n) is 12.6. The number of hydrogen-bond acceptors (Lipinski definition) is 6. The van der Waals surface area contributed by atoms with Crippen LogP contribution in [0.5, 0.6) is 23.0 Å². The number of nitrogens with zero attached hydrogens (tertiary/aromatic N) is 2. The molecule has 1 aliphatic rings. The van der Waals surface area contributed by atoms with Crippen LogP contribution in [0.3, 0.4) is 0 Å². The molecule has 122 valence electrons. The molecule has 2 N–H and O–H groups in total. The van der Waals surface area contributed by atoms with E-state index < -0.39 is 0 Å². The van der Waals surface area contributed by atoms with Gasteiger partial charge in [-0.25, -0.2) is 0 Å². The Kier molecular flexibility index (Phi) is 3.39. The predicted octanol–water partition coefficient (Wildman–Crippen LogP) is 3.04. The van der Waals surface area contributed by atoms with Crippen LogP contribution in [-0.4, -0.2) is 33.8 Å². The van der Waals surface area contributed by atoms with E-state index in [9.17, 15) is 5.11 Å². The van der Waals surface area contributed by atoms with E-state index in [-0.39, 0.29) is 12.5 Å². The molecule has 2 aromatic carbocycles. The third-order valence-electron chi connectivity index (χ3n) is 3.73. The third kappa shape index (κ3) is 2.28. The lowest BCUT2D eigenvalue weighted by Crippen LogP contribution is -1.98. The van der Waals surface area contributed by atoms with Gasteiger partial charge in [0.05, 0.1) is 18.4 Å². The van der Waals surface area contributed by atoms with Crippen LogP contribution < -0.4 is 14.2 Å². The van der Waals surface area contributed by atoms with Crippen LogP contribution in [-0.2, 0) is 0 Å². The van der Waals surface area contributed by atoms with E-state index in [1.165, 1.54) is 0 Å². The van der Waals surface area contributed by atoms with Crippen LogP contribution in [0.25, 0.3) is 17.1 Å². The molecule has 1 aliphatic heterocycles. The summed E-state index contributed by atoms with van der Waals surface area (Å²) in [5, 5.41) is 17.2. The summed E-state index contributed by atoms with van der Waals surface area (Å²) in [4.78, 5) is 0. The highest BCUT2D eigenvalue weighted by atomic mass is 32.1. The first-order valence-corrected chi connectivity index (χ1v) is 7.53. The summed E-state index contributed by atoms with van der Waals surface area (Å²) < 4.78 is 18.1. The monoisotopic (exact) mass is 343 g/mol. The molecule has 3 aromatic rings. The van der Waals surface area contributed by atoms with Gasteiger partial charge in [0.1, 0.15) is 11.5 Å². The third-order valence-corrected chi connectivity index (χ3v) is 4.01. The molecule has 0 fully saturated rings. The standard InChI is InChI=1S/C16H13N3O4S/c1-21-10-3-4-12(20)11(7-10)15-17-18-16(24)19(15)9-2-5-13-14(6-9)23-8-22-13/h2-7,20H,8H2,1H3,(H,18,24). The van der Waals surface area contributed by atoms with E-state index in [4.69, 9.17) is 26.4 Å². The zero-order chi connectivity index (χ0) is 16.7. The summed E-state index contributed by atoms with van der Waals surface area (Å²) in [6.45, 7) is 0.194. The molecule has 1 aromatic heterocycles. The van der Waals surface area contributed by atoms with E-state index in [1.807, 2.05) is 18.2 Å². The number of aromatic nitrogens is 3. The average molecular weight is 343 g/mol. The van der Waals surface area contributed by atoms with Crippen molar-refractivity contribution >= 4 is 12.2 Å². The second-order valence-electron chi connectivity index (χ2n) is 5.11. The van der Waals surface area contributed by atoms with Crippen LogP contribution in [0.2, 0.25) is 0 Å². The number of rotatable bonds is 3. The van der Waals surface area contributed by atoms with Gasteiger partial charge in [-0.15, -0.1) is 0 Å². The Balaban J connectivity index is 1.90. The maximum absolute atomic E-state index is 10.2. The van der Waals surface area contributed by atoms with Crippen LogP contribution in [0.1, 0.15) is 0 Å². The van der Waals surface area contributed by atoms with Crippen molar-refractivity contribution in [1.29, 1.82) is 0 Å². The number of fused-ring (bicyclic) bond motifs is 1. The molecule has 24 heavy (non-hydrogen) atoms. The second-order valence-corrected chi connectivity index (χ2v) is 5.50. The van der Waals surface area contributed by atoms with Gasteiger partial charge in [0.15, 0.2) is 22.1 Å². The smallest absolute Gasteiger partial charge is 0.231 e. The Bertz CT molecular complexity index is 980. The summed E-state index contributed by atoms with van der Waals surface area (Å²) >= 11 is 5.35. The SMILES string of the molecule is COc1ccc(O)c(-c2n[nH]c(=S)n2-c2ccc3c(c2)OCO3)c1. The largest absolute Gasteiger partial charge is 0.507 e. The van der Waals surface area contributed by atoms with Crippen molar-refractivity contribution in [2.24, 2.45) is 0 Å². The Labute approximate surface area is 142 Å². The molecule has 7 nitrogen and oxygen atoms in total. The number of ether oxygens (including phenoxy) is 3. The topological polar surface area (TPSA) is 81.5 Å². The quantitative estimate of drug-likeness (QED) is 0.712. The molecule has 0 saturated carbocycles. The molecule has 0 amide bonds. The Morgan fingerprint density at radius 2 is 2.04 bits per heavy atom. The molecule has 4 rings (SSSR count). The number of benzene rings is 2. The molecule has 0 unspecified atom stereocenters. The normalized spacial score (nSPS) is 12.4. The molecule has 2 heterocycles. The number of phenols is 1. The fourth-order valence-corrected chi connectivity index (χ4v) is 2.80. The Morgan fingerprint density at radius 1 is 1.21 bits per heavy atom. The van der Waals surface area contributed by atoms with Crippen LogP contribution in [0.4, 0.5) is 0 Å². The van der Waals surface area contributed by atoms with Gasteiger partial charge in [-0.2, -0.15) is 5.10 Å². The lowest BCUT2D eigenvalue weighted by Gasteiger charge is -2.10. The molecule has 0 aliphatic carbocycles. The van der Waals surface area contributed by atoms with Crippen molar-refractivity contribution in [3.8, 4) is 40.1 Å². The van der Waals surface area contributed by atoms with Gasteiger partial charge in [0.2, 0.25) is 6.79 Å². The van der Waals surface area contributed by atoms with Crippen molar-refractivity contribution in [3.63, 3.8) is 0 Å². The van der Waals surface area contributed by atoms with Crippen molar-refractivity contribution < 1.29 is 19.3 Å². The molecule has 0 atom stereocenters. The Morgan fingerprint density at radius 3 is 2.88 bits per heavy atom. The van der Waals surface area contributed by atoms with E-state index in [0.29, 0.717) is 33.4 Å². The fourth-order valence-electron chi connectivity index (χ4n) is 2.56. The minimum absolute atomic E-state index is 0.0757. The number of aromatic amines is 1. The van der Waals surface area contributed by atoms with Gasteiger partial charge < -0.3 is 19.3 Å². The van der Waals surface area contributed by atoms with Crippen molar-refractivity contribution in [2.45, 2.75) is 0 Å². The summed E-state index contributed by atoms with van der Waals surface area (Å²) in [6, 6.07) is 10.4. The number of phenolic OH excluding ortho intramolecular Hbond substituents is 1. The molecule has 8 heteroatoms. The van der Waals surface area contributed by atoms with Gasteiger partial charge in [0.25, 0.3) is 0 Å². The van der Waals surface area contributed by atoms with Crippen molar-refractivity contribution in [3.05, 3.63) is 41.2 Å². The average Bonchev–Trinajstić information content (AvgIpc) is 3.21. The van der Waals surface area contributed by atoms with Gasteiger partial charge in [-0.3, -0.25) is 9.67 Å².